The molecule has 8 nitrogen and oxygen atoms in total. The van der Waals surface area contributed by atoms with Gasteiger partial charge >= 0.3 is 23.9 Å². The van der Waals surface area contributed by atoms with E-state index in [4.69, 9.17) is 18.9 Å². The van der Waals surface area contributed by atoms with Crippen LogP contribution in [0, 0.1) is 0 Å². The zero-order valence-corrected chi connectivity index (χ0v) is 33.8. The Hall–Kier alpha value is -6.80. The lowest BCUT2D eigenvalue weighted by Crippen LogP contribution is -2.10. The van der Waals surface area contributed by atoms with E-state index in [1.165, 1.54) is 0 Å². The summed E-state index contributed by atoms with van der Waals surface area (Å²) >= 11 is 0. The van der Waals surface area contributed by atoms with E-state index in [1.54, 1.807) is 72.8 Å². The second-order valence-corrected chi connectivity index (χ2v) is 14.6. The molecule has 0 radical (unpaired) electrons. The van der Waals surface area contributed by atoms with Crippen LogP contribution in [0.5, 0.6) is 23.0 Å². The molecule has 0 aliphatic heterocycles. The van der Waals surface area contributed by atoms with Crippen LogP contribution in [0.15, 0.2) is 158 Å². The van der Waals surface area contributed by atoms with E-state index >= 15 is 0 Å². The molecule has 0 saturated heterocycles. The SMILES string of the molecule is O=C(CCCCCCCCCCCCC(=O)Oc1ccc(C(=O)Oc2ccc(-c3ccccc3)cc2)cc1)Oc1ccc(C(=O)Oc2ccc(-c3ccccc3)cc2)cc1. The van der Waals surface area contributed by atoms with Gasteiger partial charge in [-0.15, -0.1) is 0 Å². The molecule has 306 valence electrons. The Morgan fingerprint density at radius 3 is 0.883 bits per heavy atom. The highest BCUT2D eigenvalue weighted by Gasteiger charge is 2.13. The molecule has 0 unspecified atom stereocenters. The molecule has 0 heterocycles. The van der Waals surface area contributed by atoms with Crippen molar-refractivity contribution in [3.05, 3.63) is 169 Å². The molecule has 0 N–H and O–H groups in total. The number of benzene rings is 6. The predicted molar refractivity (Wildman–Crippen MR) is 233 cm³/mol. The van der Waals surface area contributed by atoms with Crippen LogP contribution in [-0.2, 0) is 9.59 Å². The van der Waals surface area contributed by atoms with Crippen LogP contribution in [0.3, 0.4) is 0 Å². The third kappa shape index (κ3) is 13.9. The van der Waals surface area contributed by atoms with Crippen LogP contribution >= 0.6 is 0 Å². The summed E-state index contributed by atoms with van der Waals surface area (Å²) in [5.41, 5.74) is 4.97. The van der Waals surface area contributed by atoms with E-state index in [1.807, 2.05) is 84.9 Å². The molecule has 0 fully saturated rings. The molecule has 0 amide bonds. The van der Waals surface area contributed by atoms with Crippen molar-refractivity contribution in [2.24, 2.45) is 0 Å². The minimum Gasteiger partial charge on any atom is -0.427 e. The topological polar surface area (TPSA) is 105 Å². The monoisotopic (exact) mass is 802 g/mol. The average molecular weight is 803 g/mol. The fourth-order valence-electron chi connectivity index (χ4n) is 6.66. The third-order valence-electron chi connectivity index (χ3n) is 10.00. The number of ether oxygens (including phenoxy) is 4. The van der Waals surface area contributed by atoms with Gasteiger partial charge in [-0.3, -0.25) is 9.59 Å². The fraction of sp³-hybridized carbons (Fsp3) is 0.231. The number of carbonyl (C=O) groups is 4. The fourth-order valence-corrected chi connectivity index (χ4v) is 6.66. The second-order valence-electron chi connectivity index (χ2n) is 14.6. The van der Waals surface area contributed by atoms with E-state index < -0.39 is 11.9 Å². The number of unbranched alkanes of at least 4 members (excludes halogenated alkanes) is 9. The van der Waals surface area contributed by atoms with Gasteiger partial charge in [-0.1, -0.05) is 136 Å². The lowest BCUT2D eigenvalue weighted by molar-refractivity contribution is -0.135. The largest absolute Gasteiger partial charge is 0.427 e. The van der Waals surface area contributed by atoms with Crippen LogP contribution in [0.25, 0.3) is 22.3 Å². The van der Waals surface area contributed by atoms with Crippen LogP contribution in [0.4, 0.5) is 0 Å². The number of rotatable bonds is 21. The van der Waals surface area contributed by atoms with E-state index in [9.17, 15) is 19.2 Å². The highest BCUT2D eigenvalue weighted by atomic mass is 16.5. The van der Waals surface area contributed by atoms with Gasteiger partial charge in [0.15, 0.2) is 0 Å². The van der Waals surface area contributed by atoms with Gasteiger partial charge in [0.05, 0.1) is 11.1 Å². The quantitative estimate of drug-likeness (QED) is 0.0402. The summed E-state index contributed by atoms with van der Waals surface area (Å²) < 4.78 is 22.0. The summed E-state index contributed by atoms with van der Waals surface area (Å²) in [5, 5.41) is 0. The normalized spacial score (nSPS) is 10.7. The molecule has 0 bridgehead atoms. The molecule has 60 heavy (non-hydrogen) atoms. The van der Waals surface area contributed by atoms with Gasteiger partial charge in [-0.05, 0) is 108 Å². The average Bonchev–Trinajstić information content (AvgIpc) is 3.28. The number of hydrogen-bond donors (Lipinski definition) is 0. The Labute approximate surface area is 352 Å². The maximum absolute atomic E-state index is 12.6. The molecule has 0 atom stereocenters. The van der Waals surface area contributed by atoms with Crippen molar-refractivity contribution in [1.29, 1.82) is 0 Å². The van der Waals surface area contributed by atoms with E-state index in [2.05, 4.69) is 0 Å². The van der Waals surface area contributed by atoms with Gasteiger partial charge in [-0.25, -0.2) is 9.59 Å². The first kappa shape index (κ1) is 42.8. The zero-order chi connectivity index (χ0) is 41.8. The van der Waals surface area contributed by atoms with Crippen LogP contribution in [0.2, 0.25) is 0 Å². The number of carbonyl (C=O) groups excluding carboxylic acids is 4. The molecule has 6 aromatic rings. The lowest BCUT2D eigenvalue weighted by Gasteiger charge is -2.08. The minimum atomic E-state index is -0.483. The van der Waals surface area contributed by atoms with Gasteiger partial charge in [0.1, 0.15) is 23.0 Å². The Balaban J connectivity index is 0.748. The molecular formula is C52H50O8. The molecule has 0 spiro atoms. The number of hydrogen-bond acceptors (Lipinski definition) is 8. The van der Waals surface area contributed by atoms with Gasteiger partial charge in [0.25, 0.3) is 0 Å². The van der Waals surface area contributed by atoms with Gasteiger partial charge < -0.3 is 18.9 Å². The van der Waals surface area contributed by atoms with Crippen molar-refractivity contribution in [3.63, 3.8) is 0 Å². The van der Waals surface area contributed by atoms with Crippen molar-refractivity contribution in [2.75, 3.05) is 0 Å². The van der Waals surface area contributed by atoms with Crippen molar-refractivity contribution in [2.45, 2.75) is 77.0 Å². The Kier molecular flexibility index (Phi) is 16.4. The van der Waals surface area contributed by atoms with Crippen molar-refractivity contribution in [1.82, 2.24) is 0 Å². The third-order valence-corrected chi connectivity index (χ3v) is 10.00. The van der Waals surface area contributed by atoms with Crippen molar-refractivity contribution < 1.29 is 38.1 Å². The summed E-state index contributed by atoms with van der Waals surface area (Å²) in [6, 6.07) is 47.5. The standard InChI is InChI=1S/C52H50O8/c53-49(57-45-35-27-43(28-36-45)51(55)59-47-31-23-41(24-32-47)39-17-11-9-12-18-39)21-15-7-5-3-1-2-4-6-8-16-22-50(54)58-46-37-29-44(30-38-46)52(56)60-48-33-25-42(26-34-48)40-19-13-10-14-20-40/h9-14,17-20,23-38H,1-8,15-16,21-22H2. The summed E-state index contributed by atoms with van der Waals surface area (Å²) in [4.78, 5) is 50.0. The predicted octanol–water partition coefficient (Wildman–Crippen LogP) is 12.7. The minimum absolute atomic E-state index is 0.287. The van der Waals surface area contributed by atoms with Crippen LogP contribution in [-0.4, -0.2) is 23.9 Å². The van der Waals surface area contributed by atoms with Crippen molar-refractivity contribution >= 4 is 23.9 Å². The summed E-state index contributed by atoms with van der Waals surface area (Å²) in [5.74, 6) is 0.159. The lowest BCUT2D eigenvalue weighted by atomic mass is 10.1. The van der Waals surface area contributed by atoms with Crippen molar-refractivity contribution in [3.8, 4) is 45.3 Å². The van der Waals surface area contributed by atoms with Crippen LogP contribution < -0.4 is 18.9 Å². The van der Waals surface area contributed by atoms with Gasteiger partial charge in [-0.2, -0.15) is 0 Å². The summed E-state index contributed by atoms with van der Waals surface area (Å²) in [6.45, 7) is 0. The molecule has 0 aromatic heterocycles. The highest BCUT2D eigenvalue weighted by Crippen LogP contribution is 2.25. The van der Waals surface area contributed by atoms with Gasteiger partial charge in [0, 0.05) is 12.8 Å². The summed E-state index contributed by atoms with van der Waals surface area (Å²) in [6.07, 6.45) is 10.8. The maximum Gasteiger partial charge on any atom is 0.343 e. The first-order chi connectivity index (χ1) is 29.4. The van der Waals surface area contributed by atoms with Gasteiger partial charge in [0.2, 0.25) is 0 Å². The second kappa shape index (κ2) is 23.0. The molecular weight excluding hydrogens is 753 g/mol. The Morgan fingerprint density at radius 1 is 0.283 bits per heavy atom. The first-order valence-corrected chi connectivity index (χ1v) is 20.8. The van der Waals surface area contributed by atoms with E-state index in [-0.39, 0.29) is 11.9 Å². The molecule has 0 saturated carbocycles. The molecule has 6 aromatic carbocycles. The maximum atomic E-state index is 12.6. The number of esters is 4. The smallest absolute Gasteiger partial charge is 0.343 e. The van der Waals surface area contributed by atoms with Crippen LogP contribution in [0.1, 0.15) is 97.8 Å². The molecule has 0 aliphatic carbocycles. The highest BCUT2D eigenvalue weighted by molar-refractivity contribution is 5.92. The Morgan fingerprint density at radius 2 is 0.550 bits per heavy atom. The molecule has 0 aliphatic rings. The Bertz CT molecular complexity index is 2080. The first-order valence-electron chi connectivity index (χ1n) is 20.8. The summed E-state index contributed by atoms with van der Waals surface area (Å²) in [7, 11) is 0. The zero-order valence-electron chi connectivity index (χ0n) is 33.8. The molecule has 8 heteroatoms. The van der Waals surface area contributed by atoms with E-state index in [0.29, 0.717) is 47.0 Å². The van der Waals surface area contributed by atoms with E-state index in [0.717, 1.165) is 86.5 Å². The molecule has 6 rings (SSSR count).